The van der Waals surface area contributed by atoms with Crippen LogP contribution in [0.1, 0.15) is 5.56 Å². The van der Waals surface area contributed by atoms with Gasteiger partial charge in [-0.2, -0.15) is 0 Å². The first-order valence-electron chi connectivity index (χ1n) is 6.66. The molecule has 0 saturated carbocycles. The van der Waals surface area contributed by atoms with Crippen molar-refractivity contribution in [2.75, 3.05) is 0 Å². The first kappa shape index (κ1) is 13.1. The van der Waals surface area contributed by atoms with E-state index in [0.717, 1.165) is 16.8 Å². The Morgan fingerprint density at radius 2 is 1.62 bits per heavy atom. The van der Waals surface area contributed by atoms with Crippen molar-refractivity contribution in [3.05, 3.63) is 78.6 Å². The molecule has 0 amide bonds. The predicted molar refractivity (Wildman–Crippen MR) is 85.0 cm³/mol. The van der Waals surface area contributed by atoms with Crippen LogP contribution in [0.5, 0.6) is 5.75 Å². The molecule has 0 aliphatic rings. The average Bonchev–Trinajstić information content (AvgIpc) is 2.56. The summed E-state index contributed by atoms with van der Waals surface area (Å²) >= 11 is 0. The summed E-state index contributed by atoms with van der Waals surface area (Å²) in [5.41, 5.74) is 3.24. The van der Waals surface area contributed by atoms with Crippen molar-refractivity contribution < 1.29 is 5.11 Å². The van der Waals surface area contributed by atoms with Gasteiger partial charge in [-0.3, -0.25) is 9.98 Å². The third-order valence-electron chi connectivity index (χ3n) is 3.17. The van der Waals surface area contributed by atoms with Gasteiger partial charge in [0, 0.05) is 29.7 Å². The fraction of sp³-hybridized carbons (Fsp3) is 0. The molecule has 1 heterocycles. The Morgan fingerprint density at radius 1 is 0.857 bits per heavy atom. The highest BCUT2D eigenvalue weighted by atomic mass is 16.3. The van der Waals surface area contributed by atoms with Gasteiger partial charge in [-0.25, -0.2) is 0 Å². The van der Waals surface area contributed by atoms with Gasteiger partial charge in [-0.05, 0) is 35.9 Å². The zero-order valence-corrected chi connectivity index (χ0v) is 11.3. The van der Waals surface area contributed by atoms with Gasteiger partial charge in [0.05, 0.1) is 5.69 Å². The molecular formula is C18H14N2O. The van der Waals surface area contributed by atoms with E-state index in [0.29, 0.717) is 5.56 Å². The topological polar surface area (TPSA) is 45.5 Å². The van der Waals surface area contributed by atoms with Gasteiger partial charge < -0.3 is 5.11 Å². The molecule has 102 valence electrons. The minimum absolute atomic E-state index is 0.225. The van der Waals surface area contributed by atoms with Gasteiger partial charge in [-0.15, -0.1) is 0 Å². The number of para-hydroxylation sites is 2. The number of nitrogens with zero attached hydrogens (tertiary/aromatic N) is 2. The van der Waals surface area contributed by atoms with Gasteiger partial charge in [0.25, 0.3) is 0 Å². The summed E-state index contributed by atoms with van der Waals surface area (Å²) < 4.78 is 0. The lowest BCUT2D eigenvalue weighted by Crippen LogP contribution is -1.86. The van der Waals surface area contributed by atoms with Crippen LogP contribution in [0.3, 0.4) is 0 Å². The second kappa shape index (κ2) is 6.01. The maximum absolute atomic E-state index is 10.4. The molecule has 0 bridgehead atoms. The molecule has 1 aromatic heterocycles. The lowest BCUT2D eigenvalue weighted by Gasteiger charge is -2.06. The van der Waals surface area contributed by atoms with Crippen LogP contribution in [0.25, 0.3) is 11.1 Å². The van der Waals surface area contributed by atoms with Crippen molar-refractivity contribution in [2.24, 2.45) is 4.99 Å². The third-order valence-corrected chi connectivity index (χ3v) is 3.17. The lowest BCUT2D eigenvalue weighted by molar-refractivity contribution is 0.476. The highest BCUT2D eigenvalue weighted by Crippen LogP contribution is 2.31. The quantitative estimate of drug-likeness (QED) is 0.727. The molecule has 0 fully saturated rings. The van der Waals surface area contributed by atoms with Gasteiger partial charge >= 0.3 is 0 Å². The predicted octanol–water partition coefficient (Wildman–Crippen LogP) is 4.20. The molecule has 0 radical (unpaired) electrons. The first-order valence-corrected chi connectivity index (χ1v) is 6.66. The van der Waals surface area contributed by atoms with Crippen molar-refractivity contribution in [1.29, 1.82) is 0 Å². The Balaban J connectivity index is 1.96. The number of rotatable bonds is 3. The lowest BCUT2D eigenvalue weighted by atomic mass is 10.0. The van der Waals surface area contributed by atoms with E-state index in [-0.39, 0.29) is 5.75 Å². The van der Waals surface area contributed by atoms with Gasteiger partial charge in [0.1, 0.15) is 5.75 Å². The Kier molecular flexibility index (Phi) is 3.74. The van der Waals surface area contributed by atoms with Crippen molar-refractivity contribution in [3.8, 4) is 16.9 Å². The number of hydrogen-bond donors (Lipinski definition) is 1. The number of aromatic hydroxyl groups is 1. The summed E-state index contributed by atoms with van der Waals surface area (Å²) in [6.45, 7) is 0. The number of pyridine rings is 1. The molecule has 3 nitrogen and oxygen atoms in total. The summed E-state index contributed by atoms with van der Waals surface area (Å²) in [6.07, 6.45) is 5.09. The van der Waals surface area contributed by atoms with E-state index in [4.69, 9.17) is 0 Å². The first-order chi connectivity index (χ1) is 10.3. The van der Waals surface area contributed by atoms with Crippen LogP contribution in [0.4, 0.5) is 5.69 Å². The molecule has 2 aromatic carbocycles. The highest BCUT2D eigenvalue weighted by molar-refractivity contribution is 5.89. The molecule has 0 unspecified atom stereocenters. The molecule has 3 aromatic rings. The second-order valence-corrected chi connectivity index (χ2v) is 4.57. The fourth-order valence-corrected chi connectivity index (χ4v) is 2.09. The van der Waals surface area contributed by atoms with Crippen molar-refractivity contribution in [3.63, 3.8) is 0 Å². The largest absolute Gasteiger partial charge is 0.507 e. The zero-order valence-electron chi connectivity index (χ0n) is 11.3. The minimum atomic E-state index is 0.225. The molecule has 0 atom stereocenters. The smallest absolute Gasteiger partial charge is 0.132 e. The summed E-state index contributed by atoms with van der Waals surface area (Å²) in [7, 11) is 0. The van der Waals surface area contributed by atoms with Crippen LogP contribution >= 0.6 is 0 Å². The number of benzene rings is 2. The van der Waals surface area contributed by atoms with Crippen molar-refractivity contribution in [2.45, 2.75) is 0 Å². The number of phenolic OH excluding ortho intramolecular Hbond substituents is 1. The van der Waals surface area contributed by atoms with Crippen LogP contribution in [0.2, 0.25) is 0 Å². The van der Waals surface area contributed by atoms with Crippen molar-refractivity contribution >= 4 is 11.9 Å². The number of aliphatic imine (C=N–C) groups is 1. The van der Waals surface area contributed by atoms with E-state index in [9.17, 15) is 5.11 Å². The summed E-state index contributed by atoms with van der Waals surface area (Å²) in [6, 6.07) is 19.0. The van der Waals surface area contributed by atoms with E-state index >= 15 is 0 Å². The molecule has 3 rings (SSSR count). The Labute approximate surface area is 123 Å². The molecule has 0 saturated heterocycles. The summed E-state index contributed by atoms with van der Waals surface area (Å²) in [5.74, 6) is 0.225. The SMILES string of the molecule is Oc1c(/C=N/c2ccccc2)cccc1-c1ccncc1. The summed E-state index contributed by atoms with van der Waals surface area (Å²) in [4.78, 5) is 8.37. The third kappa shape index (κ3) is 2.98. The minimum Gasteiger partial charge on any atom is -0.507 e. The van der Waals surface area contributed by atoms with E-state index in [1.807, 2.05) is 60.7 Å². The van der Waals surface area contributed by atoms with Crippen LogP contribution in [0, 0.1) is 0 Å². The van der Waals surface area contributed by atoms with E-state index in [2.05, 4.69) is 9.98 Å². The van der Waals surface area contributed by atoms with E-state index in [1.165, 1.54) is 0 Å². The van der Waals surface area contributed by atoms with Gasteiger partial charge in [0.15, 0.2) is 0 Å². The maximum atomic E-state index is 10.4. The molecule has 0 aliphatic carbocycles. The van der Waals surface area contributed by atoms with Crippen LogP contribution in [-0.4, -0.2) is 16.3 Å². The normalized spacial score (nSPS) is 10.9. The van der Waals surface area contributed by atoms with Crippen molar-refractivity contribution in [1.82, 2.24) is 4.98 Å². The molecule has 3 heteroatoms. The van der Waals surface area contributed by atoms with Crippen LogP contribution < -0.4 is 0 Å². The standard InChI is InChI=1S/C18H14N2O/c21-18-15(13-20-16-6-2-1-3-7-16)5-4-8-17(18)14-9-11-19-12-10-14/h1-13,21H/b20-13+. The maximum Gasteiger partial charge on any atom is 0.132 e. The Morgan fingerprint density at radius 3 is 2.38 bits per heavy atom. The highest BCUT2D eigenvalue weighted by Gasteiger charge is 2.07. The number of phenols is 1. The molecule has 0 spiro atoms. The molecule has 0 aliphatic heterocycles. The second-order valence-electron chi connectivity index (χ2n) is 4.57. The number of hydrogen-bond acceptors (Lipinski definition) is 3. The van der Waals surface area contributed by atoms with E-state index < -0.39 is 0 Å². The van der Waals surface area contributed by atoms with Crippen LogP contribution in [-0.2, 0) is 0 Å². The molecule has 1 N–H and O–H groups in total. The zero-order chi connectivity index (χ0) is 14.5. The Bertz CT molecular complexity index is 753. The van der Waals surface area contributed by atoms with Gasteiger partial charge in [0.2, 0.25) is 0 Å². The van der Waals surface area contributed by atoms with Crippen LogP contribution in [0.15, 0.2) is 78.0 Å². The fourth-order valence-electron chi connectivity index (χ4n) is 2.09. The molecule has 21 heavy (non-hydrogen) atoms. The monoisotopic (exact) mass is 274 g/mol. The summed E-state index contributed by atoms with van der Waals surface area (Å²) in [5, 5.41) is 10.4. The van der Waals surface area contributed by atoms with E-state index in [1.54, 1.807) is 18.6 Å². The Hall–Kier alpha value is -2.94. The number of aromatic nitrogens is 1. The molecular weight excluding hydrogens is 260 g/mol. The van der Waals surface area contributed by atoms with Gasteiger partial charge in [-0.1, -0.05) is 30.3 Å². The average molecular weight is 274 g/mol.